The summed E-state index contributed by atoms with van der Waals surface area (Å²) in [5, 5.41) is 11.6. The Morgan fingerprint density at radius 1 is 0.828 bits per heavy atom. The summed E-state index contributed by atoms with van der Waals surface area (Å²) >= 11 is 2.12. The summed E-state index contributed by atoms with van der Waals surface area (Å²) < 4.78 is 28.7. The van der Waals surface area contributed by atoms with Crippen LogP contribution < -0.4 is 10.0 Å². The third kappa shape index (κ3) is 5.33. The molecule has 0 aliphatic rings. The number of nitrogens with one attached hydrogen (secondary N) is 2. The van der Waals surface area contributed by atoms with Gasteiger partial charge in [0.15, 0.2) is 0 Å². The van der Waals surface area contributed by atoms with E-state index in [4.69, 9.17) is 5.11 Å². The summed E-state index contributed by atoms with van der Waals surface area (Å²) in [7, 11) is -3.88. The Morgan fingerprint density at radius 3 is 2.17 bits per heavy atom. The van der Waals surface area contributed by atoms with E-state index in [1.807, 2.05) is 0 Å². The summed E-state index contributed by atoms with van der Waals surface area (Å²) in [6.07, 6.45) is 0. The van der Waals surface area contributed by atoms with Gasteiger partial charge in [0, 0.05) is 20.5 Å². The van der Waals surface area contributed by atoms with Crippen molar-refractivity contribution in [1.29, 1.82) is 0 Å². The molecule has 0 unspecified atom stereocenters. The van der Waals surface area contributed by atoms with E-state index in [1.165, 1.54) is 42.5 Å². The van der Waals surface area contributed by atoms with Gasteiger partial charge in [-0.05, 0) is 83.3 Å². The molecule has 0 saturated heterocycles. The van der Waals surface area contributed by atoms with E-state index in [-0.39, 0.29) is 16.0 Å². The third-order valence-electron chi connectivity index (χ3n) is 3.87. The van der Waals surface area contributed by atoms with Crippen LogP contribution in [0.2, 0.25) is 0 Å². The van der Waals surface area contributed by atoms with Gasteiger partial charge in [0.2, 0.25) is 0 Å². The van der Waals surface area contributed by atoms with Crippen molar-refractivity contribution in [2.45, 2.75) is 4.90 Å². The van der Waals surface area contributed by atoms with Crippen LogP contribution >= 0.6 is 22.6 Å². The van der Waals surface area contributed by atoms with E-state index < -0.39 is 21.9 Å². The molecular weight excluding hydrogens is 507 g/mol. The van der Waals surface area contributed by atoms with Crippen molar-refractivity contribution in [1.82, 2.24) is 0 Å². The van der Waals surface area contributed by atoms with Gasteiger partial charge in [-0.1, -0.05) is 12.1 Å². The molecule has 29 heavy (non-hydrogen) atoms. The highest BCUT2D eigenvalue weighted by Gasteiger charge is 2.17. The number of carboxylic acids is 1. The van der Waals surface area contributed by atoms with Gasteiger partial charge in [-0.3, -0.25) is 9.52 Å². The predicted molar refractivity (Wildman–Crippen MR) is 118 cm³/mol. The molecule has 3 rings (SSSR count). The predicted octanol–water partition coefficient (Wildman–Crippen LogP) is 4.04. The summed E-state index contributed by atoms with van der Waals surface area (Å²) in [6, 6.07) is 18.2. The van der Waals surface area contributed by atoms with Crippen LogP contribution in [0, 0.1) is 3.57 Å². The lowest BCUT2D eigenvalue weighted by Crippen LogP contribution is -2.16. The highest BCUT2D eigenvalue weighted by molar-refractivity contribution is 14.1. The number of carbonyl (C=O) groups excluding carboxylic acids is 1. The molecule has 0 spiro atoms. The van der Waals surface area contributed by atoms with Crippen molar-refractivity contribution in [3.8, 4) is 0 Å². The molecule has 0 aliphatic carbocycles. The van der Waals surface area contributed by atoms with Crippen LogP contribution in [0.4, 0.5) is 11.4 Å². The lowest BCUT2D eigenvalue weighted by Gasteiger charge is -2.10. The van der Waals surface area contributed by atoms with Crippen molar-refractivity contribution in [3.63, 3.8) is 0 Å². The molecule has 0 fully saturated rings. The van der Waals surface area contributed by atoms with Crippen molar-refractivity contribution in [2.75, 3.05) is 10.0 Å². The minimum Gasteiger partial charge on any atom is -0.478 e. The number of carbonyl (C=O) groups is 2. The quantitative estimate of drug-likeness (QED) is 0.423. The van der Waals surface area contributed by atoms with Gasteiger partial charge < -0.3 is 10.4 Å². The Labute approximate surface area is 181 Å². The number of rotatable bonds is 6. The monoisotopic (exact) mass is 522 g/mol. The van der Waals surface area contributed by atoms with Crippen molar-refractivity contribution in [3.05, 3.63) is 87.5 Å². The minimum atomic E-state index is -3.88. The van der Waals surface area contributed by atoms with Crippen LogP contribution in [-0.4, -0.2) is 25.4 Å². The fourth-order valence-corrected chi connectivity index (χ4v) is 3.93. The van der Waals surface area contributed by atoms with E-state index in [0.29, 0.717) is 11.4 Å². The highest BCUT2D eigenvalue weighted by Crippen LogP contribution is 2.19. The Bertz CT molecular complexity index is 1180. The average molecular weight is 522 g/mol. The first-order valence-electron chi connectivity index (χ1n) is 8.28. The van der Waals surface area contributed by atoms with Crippen molar-refractivity contribution >= 4 is 55.9 Å². The molecule has 9 heteroatoms. The fourth-order valence-electron chi connectivity index (χ4n) is 2.47. The van der Waals surface area contributed by atoms with E-state index in [9.17, 15) is 18.0 Å². The van der Waals surface area contributed by atoms with Crippen LogP contribution in [0.15, 0.2) is 77.7 Å². The summed E-state index contributed by atoms with van der Waals surface area (Å²) in [6.45, 7) is 0. The molecule has 0 saturated carbocycles. The second kappa shape index (κ2) is 8.62. The smallest absolute Gasteiger partial charge is 0.335 e. The minimum absolute atomic E-state index is 0.0286. The number of hydrogen-bond acceptors (Lipinski definition) is 4. The molecule has 0 aliphatic heterocycles. The van der Waals surface area contributed by atoms with Crippen LogP contribution in [0.3, 0.4) is 0 Å². The standard InChI is InChI=1S/C20H15IN2O5S/c21-15-7-9-16(10-8-15)23-29(27,28)18-6-2-3-13(12-18)19(24)22-17-5-1-4-14(11-17)20(25)26/h1-12,23H,(H,22,24)(H,25,26). The Kier molecular flexibility index (Phi) is 6.18. The molecule has 3 aromatic carbocycles. The molecule has 3 aromatic rings. The molecule has 7 nitrogen and oxygen atoms in total. The number of amides is 1. The summed E-state index contributed by atoms with van der Waals surface area (Å²) in [5.41, 5.74) is 0.850. The van der Waals surface area contributed by atoms with Crippen LogP contribution in [0.5, 0.6) is 0 Å². The van der Waals surface area contributed by atoms with Crippen molar-refractivity contribution in [2.24, 2.45) is 0 Å². The number of sulfonamides is 1. The summed E-state index contributed by atoms with van der Waals surface area (Å²) in [5.74, 6) is -1.67. The van der Waals surface area contributed by atoms with E-state index in [2.05, 4.69) is 32.6 Å². The lowest BCUT2D eigenvalue weighted by molar-refractivity contribution is 0.0696. The zero-order valence-electron chi connectivity index (χ0n) is 14.8. The highest BCUT2D eigenvalue weighted by atomic mass is 127. The normalized spacial score (nSPS) is 10.9. The third-order valence-corrected chi connectivity index (χ3v) is 5.97. The van der Waals surface area contributed by atoms with Gasteiger partial charge in [0.05, 0.1) is 10.5 Å². The van der Waals surface area contributed by atoms with Gasteiger partial charge in [-0.2, -0.15) is 0 Å². The number of carboxylic acid groups (broad SMARTS) is 1. The fraction of sp³-hybridized carbons (Fsp3) is 0. The lowest BCUT2D eigenvalue weighted by atomic mass is 10.2. The average Bonchev–Trinajstić information content (AvgIpc) is 2.70. The number of benzene rings is 3. The van der Waals surface area contributed by atoms with Gasteiger partial charge in [0.1, 0.15) is 0 Å². The first kappa shape index (κ1) is 20.8. The van der Waals surface area contributed by atoms with Gasteiger partial charge in [0.25, 0.3) is 15.9 Å². The zero-order valence-corrected chi connectivity index (χ0v) is 17.8. The van der Waals surface area contributed by atoms with E-state index in [0.717, 1.165) is 3.57 Å². The van der Waals surface area contributed by atoms with E-state index >= 15 is 0 Å². The SMILES string of the molecule is O=C(O)c1cccc(NC(=O)c2cccc(S(=O)(=O)Nc3ccc(I)cc3)c2)c1. The van der Waals surface area contributed by atoms with Crippen LogP contribution in [0.1, 0.15) is 20.7 Å². The zero-order chi connectivity index (χ0) is 21.0. The maximum atomic E-state index is 12.6. The molecule has 148 valence electrons. The number of aromatic carboxylic acids is 1. The first-order chi connectivity index (χ1) is 13.7. The maximum absolute atomic E-state index is 12.6. The van der Waals surface area contributed by atoms with E-state index in [1.54, 1.807) is 30.3 Å². The topological polar surface area (TPSA) is 113 Å². The van der Waals surface area contributed by atoms with Crippen molar-refractivity contribution < 1.29 is 23.1 Å². The number of hydrogen-bond donors (Lipinski definition) is 3. The number of anilines is 2. The Hall–Kier alpha value is -2.92. The molecular formula is C20H15IN2O5S. The first-order valence-corrected chi connectivity index (χ1v) is 10.8. The molecule has 3 N–H and O–H groups in total. The Morgan fingerprint density at radius 2 is 1.48 bits per heavy atom. The largest absolute Gasteiger partial charge is 0.478 e. The maximum Gasteiger partial charge on any atom is 0.335 e. The molecule has 1 amide bonds. The number of halogens is 1. The molecule has 0 bridgehead atoms. The second-order valence-corrected chi connectivity index (χ2v) is 8.91. The van der Waals surface area contributed by atoms with Gasteiger partial charge in [-0.15, -0.1) is 0 Å². The molecule has 0 atom stereocenters. The van der Waals surface area contributed by atoms with Gasteiger partial charge >= 0.3 is 5.97 Å². The molecule has 0 heterocycles. The Balaban J connectivity index is 1.81. The van der Waals surface area contributed by atoms with Gasteiger partial charge in [-0.25, -0.2) is 13.2 Å². The molecule has 0 aromatic heterocycles. The van der Waals surface area contributed by atoms with Crippen LogP contribution in [-0.2, 0) is 10.0 Å². The molecule has 0 radical (unpaired) electrons. The van der Waals surface area contributed by atoms with Crippen LogP contribution in [0.25, 0.3) is 0 Å². The summed E-state index contributed by atoms with van der Waals surface area (Å²) in [4.78, 5) is 23.5. The second-order valence-electron chi connectivity index (χ2n) is 5.98.